The highest BCUT2D eigenvalue weighted by molar-refractivity contribution is 5.74. The lowest BCUT2D eigenvalue weighted by Crippen LogP contribution is -2.49. The summed E-state index contributed by atoms with van der Waals surface area (Å²) in [5, 5.41) is 12.0. The number of carbonyl (C=O) groups excluding carboxylic acids is 1. The second-order valence-corrected chi connectivity index (χ2v) is 6.27. The molecule has 0 radical (unpaired) electrons. The number of likely N-dealkylation sites (tertiary alicyclic amines) is 1. The quantitative estimate of drug-likeness (QED) is 0.759. The highest BCUT2D eigenvalue weighted by Gasteiger charge is 2.28. The smallest absolute Gasteiger partial charge is 0.317 e. The van der Waals surface area contributed by atoms with Gasteiger partial charge in [0.2, 0.25) is 0 Å². The fourth-order valence-electron chi connectivity index (χ4n) is 3.09. The van der Waals surface area contributed by atoms with Crippen LogP contribution in [0.5, 0.6) is 0 Å². The van der Waals surface area contributed by atoms with Crippen LogP contribution in [0.2, 0.25) is 0 Å². The Morgan fingerprint density at radius 1 is 1.38 bits per heavy atom. The molecule has 0 aliphatic carbocycles. The molecule has 3 unspecified atom stereocenters. The number of nitrogens with zero attached hydrogens (tertiary/aromatic N) is 1. The van der Waals surface area contributed by atoms with E-state index in [0.29, 0.717) is 12.5 Å². The zero-order valence-corrected chi connectivity index (χ0v) is 13.6. The Bertz CT molecular complexity index is 346. The first-order chi connectivity index (χ1) is 9.97. The number of hydrogen-bond donors (Lipinski definition) is 2. The number of carboxylic acids is 1. The number of piperidine rings is 1. The van der Waals surface area contributed by atoms with Crippen LogP contribution in [0.3, 0.4) is 0 Å². The van der Waals surface area contributed by atoms with Gasteiger partial charge in [-0.2, -0.15) is 0 Å². The Morgan fingerprint density at radius 2 is 2.10 bits per heavy atom. The van der Waals surface area contributed by atoms with Crippen LogP contribution >= 0.6 is 0 Å². The summed E-state index contributed by atoms with van der Waals surface area (Å²) < 4.78 is 0. The Kier molecular flexibility index (Phi) is 7.54. The second-order valence-electron chi connectivity index (χ2n) is 6.27. The maximum Gasteiger partial charge on any atom is 0.317 e. The van der Waals surface area contributed by atoms with Crippen molar-refractivity contribution in [3.8, 4) is 0 Å². The van der Waals surface area contributed by atoms with Gasteiger partial charge >= 0.3 is 12.0 Å². The van der Waals surface area contributed by atoms with E-state index in [1.165, 1.54) is 0 Å². The number of nitrogens with one attached hydrogen (secondary N) is 1. The van der Waals surface area contributed by atoms with Gasteiger partial charge in [-0.05, 0) is 37.5 Å². The van der Waals surface area contributed by atoms with Gasteiger partial charge in [-0.3, -0.25) is 4.79 Å². The fourth-order valence-corrected chi connectivity index (χ4v) is 3.09. The maximum atomic E-state index is 12.3. The van der Waals surface area contributed by atoms with Gasteiger partial charge in [-0.15, -0.1) is 0 Å². The first kappa shape index (κ1) is 17.8. The van der Waals surface area contributed by atoms with Crippen molar-refractivity contribution in [1.82, 2.24) is 10.2 Å². The average Bonchev–Trinajstić information content (AvgIpc) is 2.46. The molecule has 3 atom stereocenters. The molecule has 0 spiro atoms. The largest absolute Gasteiger partial charge is 0.481 e. The summed E-state index contributed by atoms with van der Waals surface area (Å²) >= 11 is 0. The molecule has 2 N–H and O–H groups in total. The average molecular weight is 298 g/mol. The summed E-state index contributed by atoms with van der Waals surface area (Å²) in [6.07, 6.45) is 5.20. The Balaban J connectivity index is 2.51. The summed E-state index contributed by atoms with van der Waals surface area (Å²) in [5.74, 6) is -0.333. The van der Waals surface area contributed by atoms with E-state index in [0.717, 1.165) is 38.6 Å². The second kappa shape index (κ2) is 8.90. The molecule has 1 saturated heterocycles. The molecule has 2 amide bonds. The molecule has 21 heavy (non-hydrogen) atoms. The summed E-state index contributed by atoms with van der Waals surface area (Å²) in [7, 11) is 0. The first-order valence-electron chi connectivity index (χ1n) is 8.25. The van der Waals surface area contributed by atoms with Gasteiger partial charge < -0.3 is 15.3 Å². The zero-order chi connectivity index (χ0) is 15.8. The molecule has 1 heterocycles. The highest BCUT2D eigenvalue weighted by Crippen LogP contribution is 2.26. The van der Waals surface area contributed by atoms with E-state index < -0.39 is 5.97 Å². The third-order valence-corrected chi connectivity index (χ3v) is 4.50. The van der Waals surface area contributed by atoms with E-state index in [9.17, 15) is 9.59 Å². The predicted octanol–water partition coefficient (Wildman–Crippen LogP) is 3.10. The van der Waals surface area contributed by atoms with E-state index in [1.807, 2.05) is 11.8 Å². The third kappa shape index (κ3) is 5.94. The van der Waals surface area contributed by atoms with Crippen molar-refractivity contribution >= 4 is 12.0 Å². The Labute approximate surface area is 128 Å². The molecule has 0 aromatic rings. The number of carbonyl (C=O) groups is 2. The molecule has 0 aromatic heterocycles. The minimum atomic E-state index is -0.752. The summed E-state index contributed by atoms with van der Waals surface area (Å²) in [6.45, 7) is 7.66. The van der Waals surface area contributed by atoms with Crippen LogP contribution in [0.25, 0.3) is 0 Å². The molecule has 5 nitrogen and oxygen atoms in total. The van der Waals surface area contributed by atoms with Gasteiger partial charge in [-0.25, -0.2) is 4.79 Å². The number of amides is 2. The molecule has 0 aromatic carbocycles. The number of urea groups is 1. The molecular formula is C16H30N2O3. The number of rotatable bonds is 7. The van der Waals surface area contributed by atoms with Crippen LogP contribution in [0.15, 0.2) is 0 Å². The van der Waals surface area contributed by atoms with E-state index >= 15 is 0 Å². The highest BCUT2D eigenvalue weighted by atomic mass is 16.4. The third-order valence-electron chi connectivity index (χ3n) is 4.50. The van der Waals surface area contributed by atoms with Crippen molar-refractivity contribution < 1.29 is 14.7 Å². The molecule has 0 saturated carbocycles. The van der Waals surface area contributed by atoms with Crippen LogP contribution in [-0.2, 0) is 4.79 Å². The van der Waals surface area contributed by atoms with Gasteiger partial charge in [0.15, 0.2) is 0 Å². The summed E-state index contributed by atoms with van der Waals surface area (Å²) in [6, 6.07) is 0.266. The van der Waals surface area contributed by atoms with E-state index in [2.05, 4.69) is 19.2 Å². The molecule has 0 bridgehead atoms. The van der Waals surface area contributed by atoms with Crippen LogP contribution in [-0.4, -0.2) is 41.1 Å². The number of carboxylic acid groups (broad SMARTS) is 1. The zero-order valence-electron chi connectivity index (χ0n) is 13.6. The molecule has 1 fully saturated rings. The van der Waals surface area contributed by atoms with E-state index in [1.54, 1.807) is 0 Å². The van der Waals surface area contributed by atoms with Gasteiger partial charge in [0.05, 0.1) is 0 Å². The van der Waals surface area contributed by atoms with Crippen LogP contribution < -0.4 is 5.32 Å². The van der Waals surface area contributed by atoms with E-state index in [4.69, 9.17) is 5.11 Å². The molecule has 1 aliphatic heterocycles. The molecule has 5 heteroatoms. The lowest BCUT2D eigenvalue weighted by atomic mass is 9.85. The number of aliphatic carboxylic acids is 1. The lowest BCUT2D eigenvalue weighted by Gasteiger charge is -2.36. The van der Waals surface area contributed by atoms with E-state index in [-0.39, 0.29) is 24.4 Å². The lowest BCUT2D eigenvalue weighted by molar-refractivity contribution is -0.138. The summed E-state index contributed by atoms with van der Waals surface area (Å²) in [4.78, 5) is 25.0. The topological polar surface area (TPSA) is 69.6 Å². The monoisotopic (exact) mass is 298 g/mol. The van der Waals surface area contributed by atoms with Crippen molar-refractivity contribution in [3.05, 3.63) is 0 Å². The van der Waals surface area contributed by atoms with Crippen molar-refractivity contribution in [2.75, 3.05) is 13.1 Å². The van der Waals surface area contributed by atoms with Gasteiger partial charge in [0.25, 0.3) is 0 Å². The van der Waals surface area contributed by atoms with Crippen LogP contribution in [0.4, 0.5) is 4.79 Å². The van der Waals surface area contributed by atoms with Gasteiger partial charge in [-0.1, -0.05) is 27.2 Å². The van der Waals surface area contributed by atoms with Crippen LogP contribution in [0.1, 0.15) is 59.3 Å². The molecule has 1 rings (SSSR count). The van der Waals surface area contributed by atoms with Gasteiger partial charge in [0.1, 0.15) is 0 Å². The molecule has 1 aliphatic rings. The molecule has 122 valence electrons. The van der Waals surface area contributed by atoms with Crippen molar-refractivity contribution in [1.29, 1.82) is 0 Å². The number of hydrogen-bond acceptors (Lipinski definition) is 2. The fraction of sp³-hybridized carbons (Fsp3) is 0.875. The van der Waals surface area contributed by atoms with Crippen molar-refractivity contribution in [2.24, 2.45) is 11.8 Å². The van der Waals surface area contributed by atoms with Crippen molar-refractivity contribution in [2.45, 2.75) is 65.3 Å². The Hall–Kier alpha value is -1.26. The van der Waals surface area contributed by atoms with Gasteiger partial charge in [0, 0.05) is 25.6 Å². The normalized spacial score (nSPS) is 21.7. The SMILES string of the molecule is CCCC(CC)NC(=O)N1CCCC(C(C)CC(=O)O)C1. The first-order valence-corrected chi connectivity index (χ1v) is 8.25. The molecular weight excluding hydrogens is 268 g/mol. The maximum absolute atomic E-state index is 12.3. The minimum Gasteiger partial charge on any atom is -0.481 e. The standard InChI is InChI=1S/C16H30N2O3/c1-4-7-14(5-2)17-16(21)18-9-6-8-13(11-18)12(3)10-15(19)20/h12-14H,4-11H2,1-3H3,(H,17,21)(H,19,20). The minimum absolute atomic E-state index is 0.0162. The van der Waals surface area contributed by atoms with Crippen LogP contribution in [0, 0.1) is 11.8 Å². The summed E-state index contributed by atoms with van der Waals surface area (Å²) in [5.41, 5.74) is 0. The van der Waals surface area contributed by atoms with Crippen molar-refractivity contribution in [3.63, 3.8) is 0 Å². The predicted molar refractivity (Wildman–Crippen MR) is 83.2 cm³/mol. The Morgan fingerprint density at radius 3 is 2.67 bits per heavy atom.